The molecule has 0 spiro atoms. The molecule has 7 nitrogen and oxygen atoms in total. The zero-order valence-corrected chi connectivity index (χ0v) is 17.2. The standard InChI is InChI=1S/C22H27N5O2/c1-22(2,3)27-18-10-6-9-17(15(18)13-23-27)25-20(28)12-11-19-24-16-8-5-4-7-14(16)21(29)26-19/h4-5,7-8,13,17H,6,9-12H2,1-3H3,(H,25,28)(H,24,26,29)/t17-/m0/s1. The summed E-state index contributed by atoms with van der Waals surface area (Å²) in [4.78, 5) is 32.0. The number of nitrogens with one attached hydrogen (secondary N) is 2. The van der Waals surface area contributed by atoms with Crippen LogP contribution in [0.2, 0.25) is 0 Å². The second-order valence-electron chi connectivity index (χ2n) is 8.67. The largest absolute Gasteiger partial charge is 0.349 e. The highest BCUT2D eigenvalue weighted by atomic mass is 16.1. The average molecular weight is 393 g/mol. The Morgan fingerprint density at radius 3 is 2.90 bits per heavy atom. The molecule has 2 aromatic heterocycles. The van der Waals surface area contributed by atoms with E-state index in [0.717, 1.165) is 24.8 Å². The molecule has 7 heteroatoms. The first kappa shape index (κ1) is 19.4. The molecule has 29 heavy (non-hydrogen) atoms. The average Bonchev–Trinajstić information content (AvgIpc) is 3.12. The number of fused-ring (bicyclic) bond motifs is 2. The van der Waals surface area contributed by atoms with Crippen LogP contribution in [0.15, 0.2) is 35.3 Å². The van der Waals surface area contributed by atoms with Crippen molar-refractivity contribution in [1.29, 1.82) is 0 Å². The van der Waals surface area contributed by atoms with E-state index in [1.807, 2.05) is 24.4 Å². The number of benzene rings is 1. The first-order valence-corrected chi connectivity index (χ1v) is 10.2. The first-order valence-electron chi connectivity index (χ1n) is 10.2. The number of H-pyrrole nitrogens is 1. The van der Waals surface area contributed by atoms with Gasteiger partial charge in [0.1, 0.15) is 5.82 Å². The minimum atomic E-state index is -0.169. The Labute approximate surface area is 169 Å². The van der Waals surface area contributed by atoms with Gasteiger partial charge < -0.3 is 10.3 Å². The maximum atomic E-state index is 12.6. The number of hydrogen-bond acceptors (Lipinski definition) is 4. The summed E-state index contributed by atoms with van der Waals surface area (Å²) in [6.07, 6.45) is 5.50. The van der Waals surface area contributed by atoms with Crippen LogP contribution in [0.4, 0.5) is 0 Å². The Hall–Kier alpha value is -2.96. The van der Waals surface area contributed by atoms with E-state index in [1.54, 1.807) is 6.07 Å². The fourth-order valence-electron chi connectivity index (χ4n) is 4.04. The van der Waals surface area contributed by atoms with Crippen molar-refractivity contribution < 1.29 is 4.79 Å². The Balaban J connectivity index is 1.44. The van der Waals surface area contributed by atoms with E-state index in [2.05, 4.69) is 45.8 Å². The zero-order chi connectivity index (χ0) is 20.6. The molecule has 1 amide bonds. The van der Waals surface area contributed by atoms with Crippen LogP contribution in [0.25, 0.3) is 10.9 Å². The summed E-state index contributed by atoms with van der Waals surface area (Å²) >= 11 is 0. The number of aryl methyl sites for hydroxylation is 1. The van der Waals surface area contributed by atoms with Crippen LogP contribution in [0.3, 0.4) is 0 Å². The molecule has 0 fully saturated rings. The van der Waals surface area contributed by atoms with Gasteiger partial charge in [0.2, 0.25) is 5.91 Å². The molecule has 0 radical (unpaired) electrons. The lowest BCUT2D eigenvalue weighted by molar-refractivity contribution is -0.121. The van der Waals surface area contributed by atoms with E-state index in [0.29, 0.717) is 23.1 Å². The Morgan fingerprint density at radius 1 is 1.31 bits per heavy atom. The molecule has 1 atom stereocenters. The third-order valence-electron chi connectivity index (χ3n) is 5.40. The van der Waals surface area contributed by atoms with E-state index < -0.39 is 0 Å². The van der Waals surface area contributed by atoms with Crippen molar-refractivity contribution in [2.24, 2.45) is 0 Å². The molecule has 2 heterocycles. The monoisotopic (exact) mass is 393 g/mol. The van der Waals surface area contributed by atoms with Gasteiger partial charge in [0.05, 0.1) is 28.7 Å². The van der Waals surface area contributed by atoms with E-state index in [4.69, 9.17) is 0 Å². The van der Waals surface area contributed by atoms with Gasteiger partial charge >= 0.3 is 0 Å². The first-order chi connectivity index (χ1) is 13.8. The van der Waals surface area contributed by atoms with E-state index in [1.165, 1.54) is 5.69 Å². The van der Waals surface area contributed by atoms with Crippen molar-refractivity contribution in [2.45, 2.75) is 64.5 Å². The van der Waals surface area contributed by atoms with Crippen molar-refractivity contribution >= 4 is 16.8 Å². The number of nitrogens with zero attached hydrogens (tertiary/aromatic N) is 3. The van der Waals surface area contributed by atoms with Gasteiger partial charge in [-0.25, -0.2) is 4.98 Å². The molecule has 1 aliphatic carbocycles. The minimum Gasteiger partial charge on any atom is -0.349 e. The SMILES string of the molecule is CC(C)(C)n1ncc2c1CCC[C@@H]2NC(=O)CCc1nc2ccccc2c(=O)[nH]1. The number of rotatable bonds is 4. The van der Waals surface area contributed by atoms with Crippen LogP contribution >= 0.6 is 0 Å². The topological polar surface area (TPSA) is 92.7 Å². The number of carbonyl (C=O) groups is 1. The molecule has 0 unspecified atom stereocenters. The summed E-state index contributed by atoms with van der Waals surface area (Å²) in [5, 5.41) is 8.29. The second-order valence-corrected chi connectivity index (χ2v) is 8.67. The van der Waals surface area contributed by atoms with Crippen molar-refractivity contribution in [3.05, 3.63) is 57.9 Å². The molecule has 2 N–H and O–H groups in total. The lowest BCUT2D eigenvalue weighted by Gasteiger charge is -2.28. The Bertz CT molecular complexity index is 1110. The molecule has 152 valence electrons. The smallest absolute Gasteiger partial charge is 0.258 e. The molecule has 3 aromatic rings. The molecule has 0 saturated carbocycles. The third-order valence-corrected chi connectivity index (χ3v) is 5.40. The number of para-hydroxylation sites is 1. The van der Waals surface area contributed by atoms with Crippen LogP contribution < -0.4 is 10.9 Å². The highest BCUT2D eigenvalue weighted by molar-refractivity contribution is 5.78. The minimum absolute atomic E-state index is 0.00837. The molecule has 4 rings (SSSR count). The Morgan fingerprint density at radius 2 is 2.10 bits per heavy atom. The van der Waals surface area contributed by atoms with Gasteiger partial charge in [-0.2, -0.15) is 5.10 Å². The summed E-state index contributed by atoms with van der Waals surface area (Å²) in [5.41, 5.74) is 2.75. The predicted molar refractivity (Wildman–Crippen MR) is 112 cm³/mol. The van der Waals surface area contributed by atoms with Gasteiger partial charge in [-0.1, -0.05) is 12.1 Å². The lowest BCUT2D eigenvalue weighted by Crippen LogP contribution is -2.32. The van der Waals surface area contributed by atoms with Crippen LogP contribution in [-0.2, 0) is 23.2 Å². The number of hydrogen-bond donors (Lipinski definition) is 2. The maximum absolute atomic E-state index is 12.6. The molecule has 1 aliphatic rings. The quantitative estimate of drug-likeness (QED) is 0.713. The highest BCUT2D eigenvalue weighted by Gasteiger charge is 2.28. The van der Waals surface area contributed by atoms with Crippen LogP contribution in [-0.4, -0.2) is 25.7 Å². The fraction of sp³-hybridized carbons (Fsp3) is 0.455. The predicted octanol–water partition coefficient (Wildman–Crippen LogP) is 3.00. The van der Waals surface area contributed by atoms with E-state index in [-0.39, 0.29) is 29.5 Å². The van der Waals surface area contributed by atoms with Gasteiger partial charge in [0.25, 0.3) is 5.56 Å². The molecular formula is C22H27N5O2. The molecule has 0 aliphatic heterocycles. The van der Waals surface area contributed by atoms with Gasteiger partial charge in [0.15, 0.2) is 0 Å². The van der Waals surface area contributed by atoms with Gasteiger partial charge in [-0.05, 0) is 52.2 Å². The van der Waals surface area contributed by atoms with Crippen molar-refractivity contribution in [3.63, 3.8) is 0 Å². The summed E-state index contributed by atoms with van der Waals surface area (Å²) in [7, 11) is 0. The van der Waals surface area contributed by atoms with E-state index >= 15 is 0 Å². The summed E-state index contributed by atoms with van der Waals surface area (Å²) in [6.45, 7) is 6.42. The zero-order valence-electron chi connectivity index (χ0n) is 17.2. The Kier molecular flexibility index (Phi) is 4.98. The number of aromatic amines is 1. The third kappa shape index (κ3) is 3.95. The fourth-order valence-corrected chi connectivity index (χ4v) is 4.04. The summed E-state index contributed by atoms with van der Waals surface area (Å²) in [6, 6.07) is 7.21. The van der Waals surface area contributed by atoms with Crippen LogP contribution in [0.5, 0.6) is 0 Å². The normalized spacial score (nSPS) is 16.6. The van der Waals surface area contributed by atoms with Crippen molar-refractivity contribution in [3.8, 4) is 0 Å². The van der Waals surface area contributed by atoms with Crippen LogP contribution in [0, 0.1) is 0 Å². The maximum Gasteiger partial charge on any atom is 0.258 e. The van der Waals surface area contributed by atoms with Gasteiger partial charge in [0, 0.05) is 24.1 Å². The molecule has 0 bridgehead atoms. The summed E-state index contributed by atoms with van der Waals surface area (Å²) in [5.74, 6) is 0.496. The molecule has 0 saturated heterocycles. The number of amides is 1. The van der Waals surface area contributed by atoms with E-state index in [9.17, 15) is 9.59 Å². The van der Waals surface area contributed by atoms with Gasteiger partial charge in [-0.3, -0.25) is 14.3 Å². The molecular weight excluding hydrogens is 366 g/mol. The van der Waals surface area contributed by atoms with Crippen LogP contribution in [0.1, 0.15) is 63.2 Å². The van der Waals surface area contributed by atoms with Crippen molar-refractivity contribution in [1.82, 2.24) is 25.1 Å². The molecule has 1 aromatic carbocycles. The highest BCUT2D eigenvalue weighted by Crippen LogP contribution is 2.32. The lowest BCUT2D eigenvalue weighted by atomic mass is 9.92. The number of carbonyl (C=O) groups excluding carboxylic acids is 1. The van der Waals surface area contributed by atoms with Gasteiger partial charge in [-0.15, -0.1) is 0 Å². The van der Waals surface area contributed by atoms with Crippen molar-refractivity contribution in [2.75, 3.05) is 0 Å². The summed E-state index contributed by atoms with van der Waals surface area (Å²) < 4.78 is 2.07. The second kappa shape index (κ2) is 7.46. The number of aromatic nitrogens is 4.